The van der Waals surface area contributed by atoms with E-state index >= 15 is 0 Å². The Morgan fingerprint density at radius 3 is 2.27 bits per heavy atom. The third-order valence-electron chi connectivity index (χ3n) is 1.33. The van der Waals surface area contributed by atoms with Crippen molar-refractivity contribution in [3.8, 4) is 5.75 Å². The van der Waals surface area contributed by atoms with Crippen LogP contribution >= 0.6 is 34.8 Å². The standard InChI is InChI=1S/C8H5Cl3O3.H3N/c9-4-1-6(11)7(2-5(4)10)14-3-8(12)13;/h1-2H,3H2,(H,12,13);1H3. The summed E-state index contributed by atoms with van der Waals surface area (Å²) in [6, 6.07) is 2.76. The lowest BCUT2D eigenvalue weighted by Crippen LogP contribution is -2.09. The molecule has 1 aromatic rings. The Hall–Kier alpha value is -0.680. The number of carboxylic acids is 1. The topological polar surface area (TPSA) is 81.5 Å². The van der Waals surface area contributed by atoms with E-state index in [1.165, 1.54) is 12.1 Å². The zero-order chi connectivity index (χ0) is 10.7. The van der Waals surface area contributed by atoms with Gasteiger partial charge in [-0.15, -0.1) is 0 Å². The Labute approximate surface area is 101 Å². The lowest BCUT2D eigenvalue weighted by molar-refractivity contribution is -0.139. The molecule has 0 heterocycles. The van der Waals surface area contributed by atoms with Crippen LogP contribution in [-0.2, 0) is 4.79 Å². The smallest absolute Gasteiger partial charge is 0.341 e. The highest BCUT2D eigenvalue weighted by Gasteiger charge is 2.08. The lowest BCUT2D eigenvalue weighted by atomic mass is 10.3. The largest absolute Gasteiger partial charge is 0.480 e. The number of hydrogen-bond donors (Lipinski definition) is 2. The highest BCUT2D eigenvalue weighted by molar-refractivity contribution is 6.43. The molecule has 1 aromatic carbocycles. The number of ether oxygens (including phenoxy) is 1. The van der Waals surface area contributed by atoms with E-state index in [4.69, 9.17) is 44.6 Å². The van der Waals surface area contributed by atoms with E-state index in [1.807, 2.05) is 0 Å². The number of hydrogen-bond acceptors (Lipinski definition) is 3. The van der Waals surface area contributed by atoms with Gasteiger partial charge in [0.25, 0.3) is 0 Å². The molecule has 0 amide bonds. The van der Waals surface area contributed by atoms with Gasteiger partial charge in [0.1, 0.15) is 5.75 Å². The van der Waals surface area contributed by atoms with E-state index in [2.05, 4.69) is 0 Å². The van der Waals surface area contributed by atoms with Crippen molar-refractivity contribution < 1.29 is 14.6 Å². The molecule has 84 valence electrons. The normalized spacial score (nSPS) is 9.27. The Kier molecular flexibility index (Phi) is 5.75. The molecule has 4 nitrogen and oxygen atoms in total. The first kappa shape index (κ1) is 14.3. The molecule has 0 aliphatic rings. The first-order valence-corrected chi connectivity index (χ1v) is 4.63. The highest BCUT2D eigenvalue weighted by Crippen LogP contribution is 2.33. The summed E-state index contributed by atoms with van der Waals surface area (Å²) in [7, 11) is 0. The van der Waals surface area contributed by atoms with Crippen molar-refractivity contribution >= 4 is 40.8 Å². The fourth-order valence-corrected chi connectivity index (χ4v) is 1.35. The fourth-order valence-electron chi connectivity index (χ4n) is 0.754. The van der Waals surface area contributed by atoms with Gasteiger partial charge >= 0.3 is 5.97 Å². The van der Waals surface area contributed by atoms with Crippen molar-refractivity contribution in [2.75, 3.05) is 6.61 Å². The van der Waals surface area contributed by atoms with Gasteiger partial charge in [-0.3, -0.25) is 0 Å². The Morgan fingerprint density at radius 1 is 1.20 bits per heavy atom. The number of halogens is 3. The number of carboxylic acid groups (broad SMARTS) is 1. The van der Waals surface area contributed by atoms with E-state index in [1.54, 1.807) is 0 Å². The average Bonchev–Trinajstić information content (AvgIpc) is 2.09. The second-order valence-electron chi connectivity index (χ2n) is 2.38. The third-order valence-corrected chi connectivity index (χ3v) is 2.34. The van der Waals surface area contributed by atoms with E-state index < -0.39 is 12.6 Å². The summed E-state index contributed by atoms with van der Waals surface area (Å²) in [5.74, 6) is -0.893. The van der Waals surface area contributed by atoms with E-state index in [9.17, 15) is 4.79 Å². The van der Waals surface area contributed by atoms with Crippen molar-refractivity contribution in [1.82, 2.24) is 6.15 Å². The number of carbonyl (C=O) groups is 1. The van der Waals surface area contributed by atoms with Crippen molar-refractivity contribution in [3.63, 3.8) is 0 Å². The molecular weight excluding hydrogens is 264 g/mol. The lowest BCUT2D eigenvalue weighted by Gasteiger charge is -2.06. The molecule has 0 fully saturated rings. The number of rotatable bonds is 3. The highest BCUT2D eigenvalue weighted by atomic mass is 35.5. The van der Waals surface area contributed by atoms with E-state index in [0.717, 1.165) is 0 Å². The Morgan fingerprint density at radius 2 is 1.73 bits per heavy atom. The van der Waals surface area contributed by atoms with E-state index in [-0.39, 0.29) is 21.9 Å². The summed E-state index contributed by atoms with van der Waals surface area (Å²) in [5, 5.41) is 9.14. The molecule has 7 heteroatoms. The SMILES string of the molecule is N.O=C(O)COc1cc(Cl)c(Cl)cc1Cl. The summed E-state index contributed by atoms with van der Waals surface area (Å²) in [6.45, 7) is -0.475. The second-order valence-corrected chi connectivity index (χ2v) is 3.60. The summed E-state index contributed by atoms with van der Waals surface area (Å²) in [5.41, 5.74) is 0. The third kappa shape index (κ3) is 4.13. The zero-order valence-electron chi connectivity index (χ0n) is 7.47. The monoisotopic (exact) mass is 271 g/mol. The van der Waals surface area contributed by atoms with Crippen molar-refractivity contribution in [2.45, 2.75) is 0 Å². The number of aliphatic carboxylic acids is 1. The molecule has 0 bridgehead atoms. The molecule has 0 atom stereocenters. The van der Waals surface area contributed by atoms with Crippen LogP contribution in [0.15, 0.2) is 12.1 Å². The molecule has 0 saturated heterocycles. The first-order chi connectivity index (χ1) is 6.50. The molecular formula is C8H8Cl3NO3. The summed E-state index contributed by atoms with van der Waals surface area (Å²) < 4.78 is 4.86. The minimum Gasteiger partial charge on any atom is -0.480 e. The predicted molar refractivity (Wildman–Crippen MR) is 59.6 cm³/mol. The van der Waals surface area contributed by atoms with Crippen LogP contribution in [0.2, 0.25) is 15.1 Å². The maximum atomic E-state index is 10.2. The van der Waals surface area contributed by atoms with Gasteiger partial charge in [-0.05, 0) is 6.07 Å². The Bertz CT molecular complexity index is 370. The summed E-state index contributed by atoms with van der Waals surface area (Å²) in [4.78, 5) is 10.2. The molecule has 0 aliphatic heterocycles. The molecule has 4 N–H and O–H groups in total. The van der Waals surface area contributed by atoms with Crippen LogP contribution in [0.1, 0.15) is 0 Å². The van der Waals surface area contributed by atoms with Gasteiger partial charge in [0.05, 0.1) is 15.1 Å². The van der Waals surface area contributed by atoms with Crippen molar-refractivity contribution in [2.24, 2.45) is 0 Å². The van der Waals surface area contributed by atoms with Crippen LogP contribution in [0.3, 0.4) is 0 Å². The molecule has 0 unspecified atom stereocenters. The summed E-state index contributed by atoms with van der Waals surface area (Å²) in [6.07, 6.45) is 0. The molecule has 0 spiro atoms. The fraction of sp³-hybridized carbons (Fsp3) is 0.125. The molecule has 0 aromatic heterocycles. The molecule has 1 rings (SSSR count). The molecule has 15 heavy (non-hydrogen) atoms. The number of benzene rings is 1. The van der Waals surface area contributed by atoms with Gasteiger partial charge in [0.15, 0.2) is 6.61 Å². The Balaban J connectivity index is 0.00000196. The maximum Gasteiger partial charge on any atom is 0.341 e. The van der Waals surface area contributed by atoms with Crippen LogP contribution in [0, 0.1) is 0 Å². The van der Waals surface area contributed by atoms with Crippen LogP contribution < -0.4 is 10.9 Å². The van der Waals surface area contributed by atoms with Gasteiger partial charge in [-0.25, -0.2) is 4.79 Å². The van der Waals surface area contributed by atoms with Gasteiger partial charge in [0.2, 0.25) is 0 Å². The van der Waals surface area contributed by atoms with Crippen LogP contribution in [0.5, 0.6) is 5.75 Å². The summed E-state index contributed by atoms with van der Waals surface area (Å²) >= 11 is 17.1. The minimum atomic E-state index is -1.09. The second kappa shape index (κ2) is 6.02. The average molecular weight is 273 g/mol. The van der Waals surface area contributed by atoms with Crippen molar-refractivity contribution in [3.05, 3.63) is 27.2 Å². The van der Waals surface area contributed by atoms with Gasteiger partial charge < -0.3 is 16.0 Å². The first-order valence-electron chi connectivity index (χ1n) is 3.50. The van der Waals surface area contributed by atoms with Crippen LogP contribution in [0.25, 0.3) is 0 Å². The molecule has 0 saturated carbocycles. The van der Waals surface area contributed by atoms with E-state index in [0.29, 0.717) is 5.02 Å². The molecule has 0 aliphatic carbocycles. The van der Waals surface area contributed by atoms with Gasteiger partial charge in [0, 0.05) is 6.07 Å². The predicted octanol–water partition coefficient (Wildman–Crippen LogP) is 3.27. The minimum absolute atomic E-state index is 0. The van der Waals surface area contributed by atoms with Crippen LogP contribution in [-0.4, -0.2) is 17.7 Å². The van der Waals surface area contributed by atoms with Gasteiger partial charge in [-0.1, -0.05) is 34.8 Å². The maximum absolute atomic E-state index is 10.2. The zero-order valence-corrected chi connectivity index (χ0v) is 9.73. The van der Waals surface area contributed by atoms with Crippen molar-refractivity contribution in [1.29, 1.82) is 0 Å². The van der Waals surface area contributed by atoms with Gasteiger partial charge in [-0.2, -0.15) is 0 Å². The van der Waals surface area contributed by atoms with Crippen LogP contribution in [0.4, 0.5) is 0 Å². The molecule has 0 radical (unpaired) electrons. The quantitative estimate of drug-likeness (QED) is 0.827.